The van der Waals surface area contributed by atoms with Crippen molar-refractivity contribution in [2.75, 3.05) is 26.8 Å². The predicted molar refractivity (Wildman–Crippen MR) is 90.7 cm³/mol. The molecular weight excluding hydrogens is 308 g/mol. The summed E-state index contributed by atoms with van der Waals surface area (Å²) in [6, 6.07) is 7.32. The third-order valence-electron chi connectivity index (χ3n) is 3.86. The fourth-order valence-electron chi connectivity index (χ4n) is 2.90. The number of hydrogen-bond acceptors (Lipinski definition) is 4. The molecule has 1 aliphatic rings. The summed E-state index contributed by atoms with van der Waals surface area (Å²) in [6.07, 6.45) is -0.123. The molecule has 1 atom stereocenters. The first kappa shape index (κ1) is 18.4. The highest BCUT2D eigenvalue weighted by Gasteiger charge is 2.35. The maximum absolute atomic E-state index is 12.8. The second-order valence-corrected chi connectivity index (χ2v) is 6.75. The van der Waals surface area contributed by atoms with E-state index in [1.807, 2.05) is 30.9 Å². The highest BCUT2D eigenvalue weighted by Crippen LogP contribution is 2.23. The largest absolute Gasteiger partial charge is 0.382 e. The second kappa shape index (κ2) is 7.77. The lowest BCUT2D eigenvalue weighted by molar-refractivity contribution is -0.143. The molecule has 132 valence electrons. The number of morpholine rings is 1. The first-order chi connectivity index (χ1) is 11.3. The van der Waals surface area contributed by atoms with Gasteiger partial charge in [0.2, 0.25) is 5.91 Å². The highest BCUT2D eigenvalue weighted by molar-refractivity contribution is 5.94. The van der Waals surface area contributed by atoms with Gasteiger partial charge in [0.05, 0.1) is 18.3 Å². The lowest BCUT2D eigenvalue weighted by Crippen LogP contribution is -2.55. The molecule has 1 N–H and O–H groups in total. The van der Waals surface area contributed by atoms with E-state index in [9.17, 15) is 9.59 Å². The van der Waals surface area contributed by atoms with Gasteiger partial charge >= 0.3 is 0 Å². The monoisotopic (exact) mass is 334 g/mol. The van der Waals surface area contributed by atoms with E-state index in [2.05, 4.69) is 5.32 Å². The molecule has 6 nitrogen and oxygen atoms in total. The van der Waals surface area contributed by atoms with Crippen molar-refractivity contribution in [3.63, 3.8) is 0 Å². The summed E-state index contributed by atoms with van der Waals surface area (Å²) in [6.45, 7) is 7.42. The Kier molecular flexibility index (Phi) is 5.96. The van der Waals surface area contributed by atoms with E-state index >= 15 is 0 Å². The molecule has 6 heteroatoms. The van der Waals surface area contributed by atoms with Crippen LogP contribution >= 0.6 is 0 Å². The molecule has 0 unspecified atom stereocenters. The summed E-state index contributed by atoms with van der Waals surface area (Å²) in [5.41, 5.74) is 1.19. The molecule has 0 radical (unpaired) electrons. The molecule has 2 amide bonds. The molecule has 1 aromatic rings. The number of carbonyl (C=O) groups excluding carboxylic acids is 2. The predicted octanol–water partition coefficient (Wildman–Crippen LogP) is 1.59. The van der Waals surface area contributed by atoms with Gasteiger partial charge in [0.15, 0.2) is 0 Å². The van der Waals surface area contributed by atoms with Crippen LogP contribution in [0.5, 0.6) is 0 Å². The Morgan fingerprint density at radius 1 is 1.33 bits per heavy atom. The van der Waals surface area contributed by atoms with Gasteiger partial charge in [-0.1, -0.05) is 12.1 Å². The van der Waals surface area contributed by atoms with Crippen LogP contribution in [0.3, 0.4) is 0 Å². The first-order valence-electron chi connectivity index (χ1n) is 8.10. The molecule has 24 heavy (non-hydrogen) atoms. The van der Waals surface area contributed by atoms with Crippen LogP contribution in [0.25, 0.3) is 0 Å². The molecule has 1 heterocycles. The van der Waals surface area contributed by atoms with Crippen LogP contribution in [0.15, 0.2) is 24.3 Å². The smallest absolute Gasteiger partial charge is 0.254 e. The number of nitrogens with zero attached hydrogens (tertiary/aromatic N) is 1. The van der Waals surface area contributed by atoms with Crippen molar-refractivity contribution in [2.24, 2.45) is 0 Å². The summed E-state index contributed by atoms with van der Waals surface area (Å²) in [4.78, 5) is 25.5. The van der Waals surface area contributed by atoms with Gasteiger partial charge in [-0.15, -0.1) is 0 Å². The second-order valence-electron chi connectivity index (χ2n) is 6.75. The van der Waals surface area contributed by atoms with Gasteiger partial charge in [-0.25, -0.2) is 0 Å². The molecule has 0 aliphatic carbocycles. The van der Waals surface area contributed by atoms with Crippen LogP contribution in [0, 0.1) is 0 Å². The van der Waals surface area contributed by atoms with E-state index in [1.165, 1.54) is 6.92 Å². The Bertz CT molecular complexity index is 583. The zero-order valence-corrected chi connectivity index (χ0v) is 14.8. The molecule has 2 rings (SSSR count). The van der Waals surface area contributed by atoms with Gasteiger partial charge in [0, 0.05) is 39.2 Å². The Labute approximate surface area is 143 Å². The number of ether oxygens (including phenoxy) is 2. The van der Waals surface area contributed by atoms with E-state index in [4.69, 9.17) is 9.47 Å². The molecule has 0 saturated carbocycles. The number of amides is 2. The van der Waals surface area contributed by atoms with E-state index < -0.39 is 5.60 Å². The number of carbonyl (C=O) groups is 2. The Hall–Kier alpha value is -1.92. The van der Waals surface area contributed by atoms with E-state index in [1.54, 1.807) is 19.2 Å². The molecule has 0 aromatic heterocycles. The number of hydrogen-bond donors (Lipinski definition) is 1. The van der Waals surface area contributed by atoms with Crippen LogP contribution in [0.1, 0.15) is 36.7 Å². The number of nitrogens with one attached hydrogen (secondary N) is 1. The number of benzene rings is 1. The zero-order valence-electron chi connectivity index (χ0n) is 14.8. The zero-order chi connectivity index (χ0) is 17.7. The van der Waals surface area contributed by atoms with E-state index in [-0.39, 0.29) is 17.9 Å². The maximum atomic E-state index is 12.8. The van der Waals surface area contributed by atoms with Crippen molar-refractivity contribution in [3.8, 4) is 0 Å². The highest BCUT2D eigenvalue weighted by atomic mass is 16.5. The van der Waals surface area contributed by atoms with Crippen molar-refractivity contribution < 1.29 is 19.1 Å². The minimum Gasteiger partial charge on any atom is -0.382 e. The topological polar surface area (TPSA) is 67.9 Å². The van der Waals surface area contributed by atoms with Gasteiger partial charge in [-0.2, -0.15) is 0 Å². The Morgan fingerprint density at radius 2 is 2.00 bits per heavy atom. The van der Waals surface area contributed by atoms with Crippen LogP contribution in [0.4, 0.5) is 0 Å². The fraction of sp³-hybridized carbons (Fsp3) is 0.556. The molecule has 1 aliphatic heterocycles. The van der Waals surface area contributed by atoms with Gasteiger partial charge < -0.3 is 19.7 Å². The van der Waals surface area contributed by atoms with Crippen molar-refractivity contribution >= 4 is 11.8 Å². The Morgan fingerprint density at radius 3 is 2.58 bits per heavy atom. The third-order valence-corrected chi connectivity index (χ3v) is 3.86. The van der Waals surface area contributed by atoms with Gasteiger partial charge in [0.25, 0.3) is 5.91 Å². The van der Waals surface area contributed by atoms with E-state index in [0.29, 0.717) is 31.8 Å². The summed E-state index contributed by atoms with van der Waals surface area (Å²) in [5.74, 6) is -0.0894. The number of rotatable bonds is 5. The van der Waals surface area contributed by atoms with Gasteiger partial charge in [-0.3, -0.25) is 9.59 Å². The van der Waals surface area contributed by atoms with Crippen molar-refractivity contribution in [1.29, 1.82) is 0 Å². The SMILES string of the molecule is COC[C@H]1CN(C(=O)c2ccc(CNC(C)=O)cc2)CC(C)(C)O1. The minimum atomic E-state index is -0.400. The van der Waals surface area contributed by atoms with Crippen molar-refractivity contribution in [1.82, 2.24) is 10.2 Å². The quantitative estimate of drug-likeness (QED) is 0.888. The normalized spacial score (nSPS) is 19.8. The van der Waals surface area contributed by atoms with Crippen LogP contribution in [0.2, 0.25) is 0 Å². The lowest BCUT2D eigenvalue weighted by atomic mass is 10.0. The Balaban J connectivity index is 2.05. The number of methoxy groups -OCH3 is 1. The molecule has 0 spiro atoms. The summed E-state index contributed by atoms with van der Waals surface area (Å²) in [7, 11) is 1.63. The maximum Gasteiger partial charge on any atom is 0.254 e. The van der Waals surface area contributed by atoms with Crippen molar-refractivity contribution in [3.05, 3.63) is 35.4 Å². The average molecular weight is 334 g/mol. The van der Waals surface area contributed by atoms with Crippen LogP contribution in [-0.4, -0.2) is 55.2 Å². The molecule has 1 aromatic carbocycles. The summed E-state index contributed by atoms with van der Waals surface area (Å²) < 4.78 is 11.1. The van der Waals surface area contributed by atoms with Crippen molar-refractivity contribution in [2.45, 2.75) is 39.0 Å². The van der Waals surface area contributed by atoms with Crippen LogP contribution in [-0.2, 0) is 20.8 Å². The summed E-state index contributed by atoms with van der Waals surface area (Å²) in [5, 5.41) is 2.74. The fourth-order valence-corrected chi connectivity index (χ4v) is 2.90. The van der Waals surface area contributed by atoms with Gasteiger partial charge in [-0.05, 0) is 31.5 Å². The third kappa shape index (κ3) is 5.04. The molecule has 0 bridgehead atoms. The lowest BCUT2D eigenvalue weighted by Gasteiger charge is -2.42. The first-order valence-corrected chi connectivity index (χ1v) is 8.10. The molecule has 1 saturated heterocycles. The van der Waals surface area contributed by atoms with Gasteiger partial charge in [0.1, 0.15) is 0 Å². The summed E-state index contributed by atoms with van der Waals surface area (Å²) >= 11 is 0. The van der Waals surface area contributed by atoms with E-state index in [0.717, 1.165) is 5.56 Å². The molecular formula is C18H26N2O4. The molecule has 1 fully saturated rings. The van der Waals surface area contributed by atoms with Crippen LogP contribution < -0.4 is 5.32 Å². The minimum absolute atomic E-state index is 0.0152. The standard InChI is InChI=1S/C18H26N2O4/c1-13(21)19-9-14-5-7-15(8-6-14)17(22)20-10-16(11-23-4)24-18(2,3)12-20/h5-8,16H,9-12H2,1-4H3,(H,19,21)/t16-/m1/s1. The average Bonchev–Trinajstić information content (AvgIpc) is 2.51.